The second-order valence-electron chi connectivity index (χ2n) is 7.17. The monoisotopic (exact) mass is 568 g/mol. The zero-order chi connectivity index (χ0) is 27.7. The number of halogens is 10. The van der Waals surface area contributed by atoms with Crippen LogP contribution in [0.1, 0.15) is 22.3 Å². The summed E-state index contributed by atoms with van der Waals surface area (Å²) in [6.45, 7) is 8.48. The molecular weight excluding hydrogens is 550 g/mol. The first-order chi connectivity index (χ1) is 16.7. The molecular formula is C26H18F10Ti. The van der Waals surface area contributed by atoms with E-state index in [1.165, 1.54) is 22.3 Å². The molecule has 0 heterocycles. The summed E-state index contributed by atoms with van der Waals surface area (Å²) < 4.78 is 120. The van der Waals surface area contributed by atoms with Gasteiger partial charge in [-0.15, -0.1) is 12.1 Å². The summed E-state index contributed by atoms with van der Waals surface area (Å²) in [6.07, 6.45) is 0. The first-order valence-electron chi connectivity index (χ1n) is 9.88. The van der Waals surface area contributed by atoms with Crippen molar-refractivity contribution in [2.45, 2.75) is 27.7 Å². The minimum Gasteiger partial charge on any atom is -0.278 e. The van der Waals surface area contributed by atoms with E-state index in [0.717, 1.165) is 12.1 Å². The van der Waals surface area contributed by atoms with Crippen LogP contribution in [0.25, 0.3) is 0 Å². The molecule has 0 N–H and O–H groups in total. The average molecular weight is 568 g/mol. The van der Waals surface area contributed by atoms with Crippen molar-refractivity contribution in [1.82, 2.24) is 0 Å². The van der Waals surface area contributed by atoms with Gasteiger partial charge in [0.05, 0.1) is 58.2 Å². The molecule has 0 nitrogen and oxygen atoms in total. The maximum atomic E-state index is 12.0. The molecule has 0 unspecified atom stereocenters. The molecule has 0 fully saturated rings. The third kappa shape index (κ3) is 9.85. The van der Waals surface area contributed by atoms with Gasteiger partial charge >= 0.3 is 21.7 Å². The molecule has 0 aliphatic carbocycles. The van der Waals surface area contributed by atoms with E-state index in [0.29, 0.717) is 0 Å². The summed E-state index contributed by atoms with van der Waals surface area (Å²) in [6, 6.07) is 14.7. The van der Waals surface area contributed by atoms with E-state index in [9.17, 15) is 43.9 Å². The Morgan fingerprint density at radius 1 is 0.486 bits per heavy atom. The molecule has 0 aliphatic heterocycles. The molecule has 0 aliphatic rings. The zero-order valence-electron chi connectivity index (χ0n) is 19.7. The molecule has 0 amide bonds. The van der Waals surface area contributed by atoms with Crippen LogP contribution in [-0.2, 0) is 21.7 Å². The van der Waals surface area contributed by atoms with Gasteiger partial charge in [-0.1, -0.05) is 27.7 Å². The maximum Gasteiger partial charge on any atom is 4.00 e. The fourth-order valence-corrected chi connectivity index (χ4v) is 2.19. The van der Waals surface area contributed by atoms with Crippen molar-refractivity contribution in [3.63, 3.8) is 0 Å². The second-order valence-corrected chi connectivity index (χ2v) is 7.17. The van der Waals surface area contributed by atoms with Crippen LogP contribution in [0.15, 0.2) is 36.4 Å². The second kappa shape index (κ2) is 15.4. The summed E-state index contributed by atoms with van der Waals surface area (Å²) in [5.41, 5.74) is 5.56. The van der Waals surface area contributed by atoms with E-state index in [2.05, 4.69) is 64.1 Å². The van der Waals surface area contributed by atoms with Gasteiger partial charge in [0.15, 0.2) is 0 Å². The van der Waals surface area contributed by atoms with Gasteiger partial charge in [-0.25, -0.2) is 50.6 Å². The van der Waals surface area contributed by atoms with Crippen molar-refractivity contribution in [3.8, 4) is 0 Å². The molecule has 4 aromatic carbocycles. The summed E-state index contributed by atoms with van der Waals surface area (Å²) >= 11 is 0. The van der Waals surface area contributed by atoms with Crippen LogP contribution in [0, 0.1) is 98.0 Å². The van der Waals surface area contributed by atoms with Crippen molar-refractivity contribution in [1.29, 1.82) is 0 Å². The predicted molar refractivity (Wildman–Crippen MR) is 113 cm³/mol. The van der Waals surface area contributed by atoms with E-state index < -0.39 is 58.2 Å². The van der Waals surface area contributed by atoms with Gasteiger partial charge in [-0.05, 0) is 0 Å². The molecule has 0 radical (unpaired) electrons. The summed E-state index contributed by atoms with van der Waals surface area (Å²) in [5, 5.41) is 0. The van der Waals surface area contributed by atoms with Crippen LogP contribution in [0.4, 0.5) is 43.9 Å². The number of hydrogen-bond donors (Lipinski definition) is 0. The average Bonchev–Trinajstić information content (AvgIpc) is 3.40. The SMILES string of the molecule is Cc1ccc[c-]1C.Cc1ccc[c-]1C.Fc1[c-]c(F)c(F)c(F)c1F.Fc1[c-]c(F)c(F)c(F)c1F.[Ti+4]. The molecule has 0 saturated heterocycles. The molecule has 0 bridgehead atoms. The Morgan fingerprint density at radius 2 is 0.730 bits per heavy atom. The van der Waals surface area contributed by atoms with Gasteiger partial charge in [-0.3, -0.25) is 17.6 Å². The van der Waals surface area contributed by atoms with Crippen LogP contribution in [0.5, 0.6) is 0 Å². The van der Waals surface area contributed by atoms with Gasteiger partial charge < -0.3 is 0 Å². The Hall–Kier alpha value is -2.85. The maximum absolute atomic E-state index is 12.0. The minimum absolute atomic E-state index is 0. The molecule has 0 atom stereocenters. The first kappa shape index (κ1) is 34.2. The van der Waals surface area contributed by atoms with Crippen molar-refractivity contribution in [3.05, 3.63) is 129 Å². The van der Waals surface area contributed by atoms with Crippen LogP contribution in [0.2, 0.25) is 0 Å². The molecule has 0 saturated carbocycles. The van der Waals surface area contributed by atoms with E-state index in [1.54, 1.807) is 0 Å². The van der Waals surface area contributed by atoms with Crippen LogP contribution in [0.3, 0.4) is 0 Å². The molecule has 11 heteroatoms. The smallest absolute Gasteiger partial charge is 0.278 e. The Morgan fingerprint density at radius 3 is 0.865 bits per heavy atom. The third-order valence-electron chi connectivity index (χ3n) is 4.61. The quantitative estimate of drug-likeness (QED) is 0.0657. The molecule has 4 aromatic rings. The number of aryl methyl sites for hydroxylation is 4. The Balaban J connectivity index is 0.000000473. The molecule has 4 rings (SSSR count). The Kier molecular flexibility index (Phi) is 14.2. The number of hydrogen-bond acceptors (Lipinski definition) is 0. The molecule has 196 valence electrons. The van der Waals surface area contributed by atoms with Gasteiger partial charge in [-0.2, -0.15) is 34.4 Å². The summed E-state index contributed by atoms with van der Waals surface area (Å²) in [7, 11) is 0. The Labute approximate surface area is 222 Å². The van der Waals surface area contributed by atoms with E-state index in [1.807, 2.05) is 0 Å². The largest absolute Gasteiger partial charge is 4.00 e. The standard InChI is InChI=1S/2C7H9.2C6F5.Ti/c2*1-6-4-3-5-7(6)2;2*7-2-1-3(8)5(10)6(11)4(2)9;/h2*3-5H,1-2H3;;;/q4*-1;+4. The summed E-state index contributed by atoms with van der Waals surface area (Å²) in [4.78, 5) is 0. The van der Waals surface area contributed by atoms with Crippen LogP contribution in [-0.4, -0.2) is 0 Å². The number of rotatable bonds is 0. The predicted octanol–water partition coefficient (Wildman–Crippen LogP) is 8.41. The van der Waals surface area contributed by atoms with E-state index >= 15 is 0 Å². The van der Waals surface area contributed by atoms with Crippen LogP contribution >= 0.6 is 0 Å². The molecule has 0 spiro atoms. The van der Waals surface area contributed by atoms with Crippen molar-refractivity contribution >= 4 is 0 Å². The van der Waals surface area contributed by atoms with Gasteiger partial charge in [0, 0.05) is 0 Å². The summed E-state index contributed by atoms with van der Waals surface area (Å²) in [5.74, 6) is -20.1. The van der Waals surface area contributed by atoms with Crippen molar-refractivity contribution in [2.75, 3.05) is 0 Å². The normalized spacial score (nSPS) is 9.68. The fraction of sp³-hybridized carbons (Fsp3) is 0.154. The fourth-order valence-electron chi connectivity index (χ4n) is 2.19. The van der Waals surface area contributed by atoms with Gasteiger partial charge in [0.25, 0.3) is 0 Å². The molecule has 0 aromatic heterocycles. The van der Waals surface area contributed by atoms with E-state index in [-0.39, 0.29) is 21.7 Å². The topological polar surface area (TPSA) is 0 Å². The Bertz CT molecular complexity index is 1110. The minimum atomic E-state index is -2.17. The van der Waals surface area contributed by atoms with Crippen molar-refractivity contribution in [2.24, 2.45) is 0 Å². The van der Waals surface area contributed by atoms with Crippen LogP contribution < -0.4 is 0 Å². The first-order valence-corrected chi connectivity index (χ1v) is 9.88. The number of benzene rings is 2. The van der Waals surface area contributed by atoms with Crippen molar-refractivity contribution < 1.29 is 65.6 Å². The van der Waals surface area contributed by atoms with Gasteiger partial charge in [0.1, 0.15) is 0 Å². The third-order valence-corrected chi connectivity index (χ3v) is 4.61. The molecule has 37 heavy (non-hydrogen) atoms. The van der Waals surface area contributed by atoms with Gasteiger partial charge in [0.2, 0.25) is 0 Å². The zero-order valence-corrected chi connectivity index (χ0v) is 21.3. The van der Waals surface area contributed by atoms with E-state index in [4.69, 9.17) is 0 Å².